The van der Waals surface area contributed by atoms with Crippen molar-refractivity contribution in [1.29, 1.82) is 0 Å². The van der Waals surface area contributed by atoms with Crippen LogP contribution >= 0.6 is 0 Å². The van der Waals surface area contributed by atoms with E-state index in [1.165, 1.54) is 0 Å². The van der Waals surface area contributed by atoms with Gasteiger partial charge in [0.25, 0.3) is 0 Å². The highest BCUT2D eigenvalue weighted by molar-refractivity contribution is 5.79. The van der Waals surface area contributed by atoms with Crippen molar-refractivity contribution < 1.29 is 4.79 Å². The molecule has 1 saturated heterocycles. The Morgan fingerprint density at radius 3 is 2.94 bits per heavy atom. The molecule has 0 aliphatic carbocycles. The second-order valence-electron chi connectivity index (χ2n) is 4.54. The first-order valence-corrected chi connectivity index (χ1v) is 6.47. The molecule has 1 fully saturated rings. The fourth-order valence-corrected chi connectivity index (χ4v) is 2.05. The van der Waals surface area contributed by atoms with E-state index < -0.39 is 0 Å². The van der Waals surface area contributed by atoms with Gasteiger partial charge in [0.15, 0.2) is 0 Å². The van der Waals surface area contributed by atoms with Crippen molar-refractivity contribution in [2.75, 3.05) is 39.3 Å². The number of hydrogen-bond acceptors (Lipinski definition) is 4. The molecule has 0 bridgehead atoms. The van der Waals surface area contributed by atoms with Gasteiger partial charge in [-0.3, -0.25) is 14.4 Å². The number of nitrogens with one attached hydrogen (secondary N) is 2. The molecule has 0 spiro atoms. The van der Waals surface area contributed by atoms with Crippen LogP contribution in [0.1, 0.15) is 13.0 Å². The summed E-state index contributed by atoms with van der Waals surface area (Å²) in [7, 11) is 0. The van der Waals surface area contributed by atoms with Gasteiger partial charge in [0.05, 0.1) is 0 Å². The Kier molecular flexibility index (Phi) is 4.72. The quantitative estimate of drug-likeness (QED) is 0.738. The van der Waals surface area contributed by atoms with Gasteiger partial charge in [0.2, 0.25) is 5.91 Å². The molecular formula is C12H21N5O. The van der Waals surface area contributed by atoms with Crippen LogP contribution in [-0.4, -0.2) is 59.9 Å². The molecule has 6 heteroatoms. The number of rotatable bonds is 5. The molecule has 1 unspecified atom stereocenters. The molecule has 1 aromatic heterocycles. The lowest BCUT2D eigenvalue weighted by Crippen LogP contribution is -2.46. The highest BCUT2D eigenvalue weighted by atomic mass is 16.2. The van der Waals surface area contributed by atoms with Gasteiger partial charge in [0, 0.05) is 51.7 Å². The molecule has 1 aromatic rings. The highest BCUT2D eigenvalue weighted by Gasteiger charge is 2.15. The van der Waals surface area contributed by atoms with E-state index in [1.54, 1.807) is 17.1 Å². The summed E-state index contributed by atoms with van der Waals surface area (Å²) < 4.78 is 1.67. The van der Waals surface area contributed by atoms with E-state index in [0.29, 0.717) is 6.54 Å². The maximum absolute atomic E-state index is 11.9. The summed E-state index contributed by atoms with van der Waals surface area (Å²) in [5, 5.41) is 10.3. The largest absolute Gasteiger partial charge is 0.353 e. The molecule has 100 valence electrons. The van der Waals surface area contributed by atoms with Gasteiger partial charge < -0.3 is 10.6 Å². The summed E-state index contributed by atoms with van der Waals surface area (Å²) in [6.07, 6.45) is 3.49. The van der Waals surface area contributed by atoms with Gasteiger partial charge in [-0.25, -0.2) is 0 Å². The molecule has 1 atom stereocenters. The van der Waals surface area contributed by atoms with Crippen LogP contribution in [0.2, 0.25) is 0 Å². The van der Waals surface area contributed by atoms with Crippen molar-refractivity contribution >= 4 is 5.91 Å². The number of carbonyl (C=O) groups is 1. The molecule has 1 amide bonds. The number of carbonyl (C=O) groups excluding carboxylic acids is 1. The smallest absolute Gasteiger partial charge is 0.244 e. The van der Waals surface area contributed by atoms with Crippen molar-refractivity contribution in [3.63, 3.8) is 0 Å². The maximum atomic E-state index is 11.9. The molecule has 1 aliphatic rings. The van der Waals surface area contributed by atoms with E-state index in [4.69, 9.17) is 0 Å². The molecule has 2 rings (SSSR count). The zero-order chi connectivity index (χ0) is 12.8. The Morgan fingerprint density at radius 2 is 2.28 bits per heavy atom. The average Bonchev–Trinajstić information content (AvgIpc) is 2.93. The summed E-state index contributed by atoms with van der Waals surface area (Å²) in [5.74, 6) is 0.0221. The Balaban J connectivity index is 1.68. The van der Waals surface area contributed by atoms with Crippen LogP contribution in [0.25, 0.3) is 0 Å². The predicted octanol–water partition coefficient (Wildman–Crippen LogP) is -0.534. The number of hydrogen-bond donors (Lipinski definition) is 2. The highest BCUT2D eigenvalue weighted by Crippen LogP contribution is 2.02. The van der Waals surface area contributed by atoms with Crippen molar-refractivity contribution in [2.24, 2.45) is 0 Å². The zero-order valence-corrected chi connectivity index (χ0v) is 10.8. The van der Waals surface area contributed by atoms with Crippen LogP contribution < -0.4 is 10.6 Å². The summed E-state index contributed by atoms with van der Waals surface area (Å²) in [6, 6.07) is 1.58. The van der Waals surface area contributed by atoms with Crippen molar-refractivity contribution in [3.8, 4) is 0 Å². The number of nitrogens with zero attached hydrogens (tertiary/aromatic N) is 3. The van der Waals surface area contributed by atoms with Crippen LogP contribution in [-0.2, 0) is 4.79 Å². The zero-order valence-electron chi connectivity index (χ0n) is 10.8. The predicted molar refractivity (Wildman–Crippen MR) is 69.3 cm³/mol. The van der Waals surface area contributed by atoms with Crippen molar-refractivity contribution in [3.05, 3.63) is 18.5 Å². The lowest BCUT2D eigenvalue weighted by atomic mass is 10.3. The topological polar surface area (TPSA) is 62.2 Å². The second kappa shape index (κ2) is 6.51. The number of piperazine rings is 1. The fourth-order valence-electron chi connectivity index (χ4n) is 2.05. The first-order chi connectivity index (χ1) is 8.77. The van der Waals surface area contributed by atoms with Gasteiger partial charge >= 0.3 is 0 Å². The molecule has 2 N–H and O–H groups in total. The van der Waals surface area contributed by atoms with E-state index >= 15 is 0 Å². The van der Waals surface area contributed by atoms with Crippen LogP contribution in [0.3, 0.4) is 0 Å². The van der Waals surface area contributed by atoms with Crippen LogP contribution in [0.5, 0.6) is 0 Å². The van der Waals surface area contributed by atoms with Crippen molar-refractivity contribution in [1.82, 2.24) is 25.3 Å². The van der Waals surface area contributed by atoms with Gasteiger partial charge in [-0.2, -0.15) is 5.10 Å². The molecule has 0 saturated carbocycles. The minimum Gasteiger partial charge on any atom is -0.353 e. The molecule has 6 nitrogen and oxygen atoms in total. The Bertz CT molecular complexity index is 359. The lowest BCUT2D eigenvalue weighted by Gasteiger charge is -2.27. The fraction of sp³-hybridized carbons (Fsp3) is 0.667. The molecule has 2 heterocycles. The third kappa shape index (κ3) is 3.54. The van der Waals surface area contributed by atoms with Gasteiger partial charge in [-0.1, -0.05) is 0 Å². The first kappa shape index (κ1) is 13.0. The minimum absolute atomic E-state index is 0.0221. The monoisotopic (exact) mass is 251 g/mol. The Hall–Kier alpha value is -1.40. The lowest BCUT2D eigenvalue weighted by molar-refractivity contribution is -0.124. The van der Waals surface area contributed by atoms with E-state index in [2.05, 4.69) is 20.6 Å². The van der Waals surface area contributed by atoms with E-state index in [0.717, 1.165) is 32.7 Å². The SMILES string of the molecule is CC(C(=O)NCCN1CCNCC1)n1cccn1. The van der Waals surface area contributed by atoms with Gasteiger partial charge in [-0.05, 0) is 13.0 Å². The molecule has 0 radical (unpaired) electrons. The van der Waals surface area contributed by atoms with Gasteiger partial charge in [-0.15, -0.1) is 0 Å². The molecule has 0 aromatic carbocycles. The van der Waals surface area contributed by atoms with Crippen LogP contribution in [0, 0.1) is 0 Å². The maximum Gasteiger partial charge on any atom is 0.244 e. The minimum atomic E-state index is -0.247. The van der Waals surface area contributed by atoms with Crippen molar-refractivity contribution in [2.45, 2.75) is 13.0 Å². The van der Waals surface area contributed by atoms with E-state index in [9.17, 15) is 4.79 Å². The Labute approximate surface area is 107 Å². The number of aromatic nitrogens is 2. The third-order valence-electron chi connectivity index (χ3n) is 3.24. The summed E-state index contributed by atoms with van der Waals surface area (Å²) in [6.45, 7) is 7.67. The summed E-state index contributed by atoms with van der Waals surface area (Å²) in [4.78, 5) is 14.2. The van der Waals surface area contributed by atoms with E-state index in [-0.39, 0.29) is 11.9 Å². The molecule has 18 heavy (non-hydrogen) atoms. The molecular weight excluding hydrogens is 230 g/mol. The third-order valence-corrected chi connectivity index (χ3v) is 3.24. The van der Waals surface area contributed by atoms with Crippen LogP contribution in [0.15, 0.2) is 18.5 Å². The van der Waals surface area contributed by atoms with E-state index in [1.807, 2.05) is 13.0 Å². The normalized spacial score (nSPS) is 18.5. The summed E-state index contributed by atoms with van der Waals surface area (Å²) in [5.41, 5.74) is 0. The second-order valence-corrected chi connectivity index (χ2v) is 4.54. The standard InChI is InChI=1S/C12H21N5O/c1-11(17-7-2-3-15-17)12(18)14-6-10-16-8-4-13-5-9-16/h2-3,7,11,13H,4-6,8-10H2,1H3,(H,14,18). The average molecular weight is 251 g/mol. The summed E-state index contributed by atoms with van der Waals surface area (Å²) >= 11 is 0. The molecule has 1 aliphatic heterocycles. The Morgan fingerprint density at radius 1 is 1.50 bits per heavy atom. The first-order valence-electron chi connectivity index (χ1n) is 6.47. The number of amides is 1. The van der Waals surface area contributed by atoms with Crippen LogP contribution in [0.4, 0.5) is 0 Å². The van der Waals surface area contributed by atoms with Gasteiger partial charge in [0.1, 0.15) is 6.04 Å².